The Balaban J connectivity index is 1.83. The van der Waals surface area contributed by atoms with Gasteiger partial charge >= 0.3 is 0 Å². The van der Waals surface area contributed by atoms with Gasteiger partial charge in [-0.2, -0.15) is 0 Å². The van der Waals surface area contributed by atoms with Crippen molar-refractivity contribution in [1.29, 1.82) is 0 Å². The molecule has 1 heterocycles. The Bertz CT molecular complexity index is 932. The molecule has 0 unspecified atom stereocenters. The molecule has 0 aliphatic heterocycles. The van der Waals surface area contributed by atoms with Gasteiger partial charge in [0.15, 0.2) is 0 Å². The van der Waals surface area contributed by atoms with Gasteiger partial charge in [0.2, 0.25) is 10.9 Å². The van der Waals surface area contributed by atoms with Crippen LogP contribution in [0.3, 0.4) is 0 Å². The second kappa shape index (κ2) is 6.62. The van der Waals surface area contributed by atoms with Gasteiger partial charge in [0.1, 0.15) is 0 Å². The number of pyridine rings is 1. The first-order valence-corrected chi connectivity index (χ1v) is 7.84. The number of hydrogen-bond acceptors (Lipinski definition) is 4. The third-order valence-electron chi connectivity index (χ3n) is 3.72. The van der Waals surface area contributed by atoms with Crippen molar-refractivity contribution in [1.82, 2.24) is 4.98 Å². The van der Waals surface area contributed by atoms with Crippen LogP contribution < -0.4 is 16.2 Å². The highest BCUT2D eigenvalue weighted by molar-refractivity contribution is 5.82. The predicted molar refractivity (Wildman–Crippen MR) is 98.7 cm³/mol. The maximum Gasteiger partial charge on any atom is 0.250 e. The molecule has 0 radical (unpaired) electrons. The van der Waals surface area contributed by atoms with E-state index in [-0.39, 0.29) is 6.04 Å². The Morgan fingerprint density at radius 1 is 0.875 bits per heavy atom. The van der Waals surface area contributed by atoms with Gasteiger partial charge in [-0.25, -0.2) is 0 Å². The number of rotatable bonds is 5. The van der Waals surface area contributed by atoms with Crippen LogP contribution >= 0.6 is 0 Å². The van der Waals surface area contributed by atoms with E-state index < -0.39 is 10.9 Å². The first kappa shape index (κ1) is 15.9. The molecule has 4 heteroatoms. The Labute approximate surface area is 140 Å². The molecule has 0 aliphatic rings. The van der Waals surface area contributed by atoms with E-state index >= 15 is 0 Å². The molecule has 0 fully saturated rings. The molecule has 3 aromatic rings. The normalized spacial score (nSPS) is 11.5. The van der Waals surface area contributed by atoms with Crippen LogP contribution in [0.5, 0.6) is 0 Å². The third-order valence-corrected chi connectivity index (χ3v) is 3.72. The molecule has 0 bridgehead atoms. The van der Waals surface area contributed by atoms with Gasteiger partial charge < -0.3 is 5.32 Å². The molecule has 0 saturated carbocycles. The summed E-state index contributed by atoms with van der Waals surface area (Å²) in [5.74, 6) is 0. The van der Waals surface area contributed by atoms with Crippen molar-refractivity contribution in [2.75, 3.05) is 5.32 Å². The molecular formula is C20H18N2O2. The molecule has 0 atom stereocenters. The summed E-state index contributed by atoms with van der Waals surface area (Å²) in [6.07, 6.45) is 7.49. The van der Waals surface area contributed by atoms with E-state index in [2.05, 4.69) is 10.3 Å². The van der Waals surface area contributed by atoms with E-state index in [0.717, 1.165) is 16.7 Å². The maximum absolute atomic E-state index is 11.9. The Morgan fingerprint density at radius 3 is 2.04 bits per heavy atom. The standard InChI is InChI=1S/C20H18N2O2/c1-13(2)22-18-17(19(23)20(18)24)16-7-5-14(6-8-16)3-4-15-9-11-21-12-10-15/h3-13,22H,1-2H3/b4-3+. The van der Waals surface area contributed by atoms with Crippen LogP contribution in [0.1, 0.15) is 25.0 Å². The fraction of sp³-hybridized carbons (Fsp3) is 0.150. The van der Waals surface area contributed by atoms with Crippen LogP contribution in [-0.4, -0.2) is 11.0 Å². The first-order chi connectivity index (χ1) is 11.6. The highest BCUT2D eigenvalue weighted by atomic mass is 16.2. The molecule has 4 nitrogen and oxygen atoms in total. The predicted octanol–water partition coefficient (Wildman–Crippen LogP) is 3.34. The van der Waals surface area contributed by atoms with Crippen molar-refractivity contribution in [3.8, 4) is 11.1 Å². The van der Waals surface area contributed by atoms with Crippen molar-refractivity contribution < 1.29 is 0 Å². The van der Waals surface area contributed by atoms with Crippen molar-refractivity contribution in [3.63, 3.8) is 0 Å². The molecule has 0 spiro atoms. The van der Waals surface area contributed by atoms with Crippen molar-refractivity contribution in [2.24, 2.45) is 0 Å². The molecule has 1 aromatic heterocycles. The fourth-order valence-electron chi connectivity index (χ4n) is 2.52. The second-order valence-electron chi connectivity index (χ2n) is 5.94. The van der Waals surface area contributed by atoms with Crippen LogP contribution in [0.15, 0.2) is 58.4 Å². The van der Waals surface area contributed by atoms with E-state index in [1.807, 2.05) is 62.4 Å². The average molecular weight is 318 g/mol. The van der Waals surface area contributed by atoms with Gasteiger partial charge in [-0.05, 0) is 42.7 Å². The maximum atomic E-state index is 11.9. The van der Waals surface area contributed by atoms with Crippen LogP contribution in [0, 0.1) is 0 Å². The summed E-state index contributed by atoms with van der Waals surface area (Å²) in [7, 11) is 0. The first-order valence-electron chi connectivity index (χ1n) is 7.84. The molecule has 3 rings (SSSR count). The summed E-state index contributed by atoms with van der Waals surface area (Å²) in [4.78, 5) is 27.6. The Kier molecular flexibility index (Phi) is 4.38. The molecule has 2 aromatic carbocycles. The SMILES string of the molecule is CC(C)Nc1c(-c2ccc(/C=C/c3ccncc3)cc2)c(=O)c1=O. The minimum atomic E-state index is -0.430. The lowest BCUT2D eigenvalue weighted by Gasteiger charge is -2.15. The molecule has 1 N–H and O–H groups in total. The zero-order chi connectivity index (χ0) is 17.1. The summed E-state index contributed by atoms with van der Waals surface area (Å²) in [6, 6.07) is 11.6. The van der Waals surface area contributed by atoms with Gasteiger partial charge in [-0.3, -0.25) is 14.6 Å². The van der Waals surface area contributed by atoms with Gasteiger partial charge in [-0.15, -0.1) is 0 Å². The lowest BCUT2D eigenvalue weighted by molar-refractivity contribution is 0.894. The highest BCUT2D eigenvalue weighted by Crippen LogP contribution is 2.24. The van der Waals surface area contributed by atoms with Crippen LogP contribution in [0.25, 0.3) is 23.3 Å². The minimum absolute atomic E-state index is 0.106. The molecule has 0 aliphatic carbocycles. The number of benzene rings is 1. The molecule has 0 amide bonds. The topological polar surface area (TPSA) is 59.1 Å². The van der Waals surface area contributed by atoms with E-state index in [1.54, 1.807) is 12.4 Å². The van der Waals surface area contributed by atoms with Gasteiger partial charge in [0, 0.05) is 18.4 Å². The molecule has 24 heavy (non-hydrogen) atoms. The van der Waals surface area contributed by atoms with Crippen LogP contribution in [-0.2, 0) is 0 Å². The van der Waals surface area contributed by atoms with Crippen molar-refractivity contribution in [2.45, 2.75) is 19.9 Å². The summed E-state index contributed by atoms with van der Waals surface area (Å²) < 4.78 is 0. The van der Waals surface area contributed by atoms with Crippen LogP contribution in [0.4, 0.5) is 5.69 Å². The molecule has 0 saturated heterocycles. The van der Waals surface area contributed by atoms with E-state index in [9.17, 15) is 9.59 Å². The zero-order valence-corrected chi connectivity index (χ0v) is 13.6. The quantitative estimate of drug-likeness (QED) is 0.733. The zero-order valence-electron chi connectivity index (χ0n) is 13.6. The Morgan fingerprint density at radius 2 is 1.46 bits per heavy atom. The summed E-state index contributed by atoms with van der Waals surface area (Å²) in [5.41, 5.74) is 2.92. The highest BCUT2D eigenvalue weighted by Gasteiger charge is 2.22. The number of nitrogens with one attached hydrogen (secondary N) is 1. The lowest BCUT2D eigenvalue weighted by atomic mass is 9.97. The monoisotopic (exact) mass is 318 g/mol. The Hall–Kier alpha value is -3.01. The van der Waals surface area contributed by atoms with Gasteiger partial charge in [0.25, 0.3) is 0 Å². The summed E-state index contributed by atoms with van der Waals surface area (Å²) in [5, 5.41) is 3.06. The fourth-order valence-corrected chi connectivity index (χ4v) is 2.52. The number of hydrogen-bond donors (Lipinski definition) is 1. The molecule has 120 valence electrons. The number of anilines is 1. The molecular weight excluding hydrogens is 300 g/mol. The van der Waals surface area contributed by atoms with E-state index in [1.165, 1.54) is 0 Å². The van der Waals surface area contributed by atoms with E-state index in [0.29, 0.717) is 11.3 Å². The second-order valence-corrected chi connectivity index (χ2v) is 5.94. The average Bonchev–Trinajstić information content (AvgIpc) is 2.61. The minimum Gasteiger partial charge on any atom is -0.379 e. The lowest BCUT2D eigenvalue weighted by Crippen LogP contribution is -2.37. The van der Waals surface area contributed by atoms with Crippen molar-refractivity contribution >= 4 is 17.8 Å². The smallest absolute Gasteiger partial charge is 0.250 e. The van der Waals surface area contributed by atoms with E-state index in [4.69, 9.17) is 0 Å². The van der Waals surface area contributed by atoms with Crippen LogP contribution in [0.2, 0.25) is 0 Å². The van der Waals surface area contributed by atoms with Gasteiger partial charge in [-0.1, -0.05) is 36.4 Å². The summed E-state index contributed by atoms with van der Waals surface area (Å²) in [6.45, 7) is 3.88. The van der Waals surface area contributed by atoms with Crippen molar-refractivity contribution in [3.05, 3.63) is 80.4 Å². The van der Waals surface area contributed by atoms with Gasteiger partial charge in [0.05, 0.1) is 11.3 Å². The largest absolute Gasteiger partial charge is 0.379 e. The number of aromatic nitrogens is 1. The summed E-state index contributed by atoms with van der Waals surface area (Å²) >= 11 is 0. The number of nitrogens with zero attached hydrogens (tertiary/aromatic N) is 1. The third kappa shape index (κ3) is 3.18.